The van der Waals surface area contributed by atoms with Gasteiger partial charge in [0.15, 0.2) is 0 Å². The van der Waals surface area contributed by atoms with Crippen molar-refractivity contribution in [3.8, 4) is 5.75 Å². The van der Waals surface area contributed by atoms with Crippen LogP contribution in [0, 0.1) is 13.8 Å². The van der Waals surface area contributed by atoms with Gasteiger partial charge in [-0.1, -0.05) is 17.3 Å². The lowest BCUT2D eigenvalue weighted by molar-refractivity contribution is -0.121. The zero-order valence-corrected chi connectivity index (χ0v) is 14.7. The van der Waals surface area contributed by atoms with E-state index in [4.69, 9.17) is 9.26 Å². The molecule has 0 aliphatic carbocycles. The van der Waals surface area contributed by atoms with Crippen LogP contribution in [0.15, 0.2) is 28.8 Å². The lowest BCUT2D eigenvalue weighted by Gasteiger charge is -2.08. The van der Waals surface area contributed by atoms with Crippen LogP contribution in [0.3, 0.4) is 0 Å². The van der Waals surface area contributed by atoms with Crippen molar-refractivity contribution in [3.63, 3.8) is 0 Å². The zero-order chi connectivity index (χ0) is 18.2. The normalized spacial score (nSPS) is 10.4. The van der Waals surface area contributed by atoms with Gasteiger partial charge in [0, 0.05) is 20.0 Å². The van der Waals surface area contributed by atoms with Crippen LogP contribution in [0.5, 0.6) is 5.75 Å². The highest BCUT2D eigenvalue weighted by molar-refractivity contribution is 5.78. The second-order valence-corrected chi connectivity index (χ2v) is 5.75. The minimum absolute atomic E-state index is 0.0882. The van der Waals surface area contributed by atoms with Crippen molar-refractivity contribution in [3.05, 3.63) is 46.8 Å². The van der Waals surface area contributed by atoms with Crippen molar-refractivity contribution in [2.45, 2.75) is 33.8 Å². The average molecular weight is 345 g/mol. The van der Waals surface area contributed by atoms with Gasteiger partial charge in [-0.3, -0.25) is 9.59 Å². The van der Waals surface area contributed by atoms with Crippen LogP contribution >= 0.6 is 0 Å². The van der Waals surface area contributed by atoms with E-state index in [0.29, 0.717) is 19.7 Å². The summed E-state index contributed by atoms with van der Waals surface area (Å²) in [6.45, 7) is 6.41. The molecule has 7 heteroatoms. The SMILES string of the molecule is CC(=O)NCCNC(=O)Cc1ccc(OCc2c(C)noc2C)cc1. The first kappa shape index (κ1) is 18.5. The van der Waals surface area contributed by atoms with E-state index in [1.165, 1.54) is 6.92 Å². The minimum atomic E-state index is -0.110. The highest BCUT2D eigenvalue weighted by atomic mass is 16.5. The Hall–Kier alpha value is -2.83. The van der Waals surface area contributed by atoms with Crippen molar-refractivity contribution in [1.82, 2.24) is 15.8 Å². The lowest BCUT2D eigenvalue weighted by Crippen LogP contribution is -2.34. The predicted octanol–water partition coefficient (Wildman–Crippen LogP) is 1.67. The number of hydrogen-bond donors (Lipinski definition) is 2. The molecule has 0 bridgehead atoms. The van der Waals surface area contributed by atoms with Gasteiger partial charge in [-0.25, -0.2) is 0 Å². The Morgan fingerprint density at radius 1 is 1.12 bits per heavy atom. The summed E-state index contributed by atoms with van der Waals surface area (Å²) in [7, 11) is 0. The standard InChI is InChI=1S/C18H23N3O4/c1-12-17(13(2)25-21-12)11-24-16-6-4-15(5-7-16)10-18(23)20-9-8-19-14(3)22/h4-7H,8-11H2,1-3H3,(H,19,22)(H,20,23). The molecule has 134 valence electrons. The third-order valence-electron chi connectivity index (χ3n) is 3.67. The van der Waals surface area contributed by atoms with Gasteiger partial charge in [0.05, 0.1) is 17.7 Å². The number of aromatic nitrogens is 1. The summed E-state index contributed by atoms with van der Waals surface area (Å²) in [6.07, 6.45) is 0.282. The Balaban J connectivity index is 1.77. The fourth-order valence-electron chi connectivity index (χ4n) is 2.26. The van der Waals surface area contributed by atoms with Crippen molar-refractivity contribution >= 4 is 11.8 Å². The molecule has 2 aromatic rings. The van der Waals surface area contributed by atoms with Crippen LogP contribution < -0.4 is 15.4 Å². The number of benzene rings is 1. The summed E-state index contributed by atoms with van der Waals surface area (Å²) >= 11 is 0. The topological polar surface area (TPSA) is 93.5 Å². The van der Waals surface area contributed by atoms with E-state index in [9.17, 15) is 9.59 Å². The van der Waals surface area contributed by atoms with Crippen molar-refractivity contribution in [2.75, 3.05) is 13.1 Å². The molecule has 0 unspecified atom stereocenters. The third kappa shape index (κ3) is 5.95. The van der Waals surface area contributed by atoms with Crippen LogP contribution in [0.2, 0.25) is 0 Å². The maximum absolute atomic E-state index is 11.8. The van der Waals surface area contributed by atoms with Gasteiger partial charge in [-0.2, -0.15) is 0 Å². The smallest absolute Gasteiger partial charge is 0.224 e. The van der Waals surface area contributed by atoms with E-state index in [-0.39, 0.29) is 18.2 Å². The number of rotatable bonds is 8. The van der Waals surface area contributed by atoms with E-state index in [1.54, 1.807) is 0 Å². The molecule has 0 atom stereocenters. The highest BCUT2D eigenvalue weighted by Crippen LogP contribution is 2.18. The predicted molar refractivity (Wildman–Crippen MR) is 92.1 cm³/mol. The first-order chi connectivity index (χ1) is 12.0. The van der Waals surface area contributed by atoms with E-state index in [0.717, 1.165) is 28.3 Å². The quantitative estimate of drug-likeness (QED) is 0.710. The molecule has 1 heterocycles. The molecule has 0 aliphatic rings. The molecule has 0 saturated heterocycles. The Kier molecular flexibility index (Phi) is 6.56. The summed E-state index contributed by atoms with van der Waals surface area (Å²) in [5.74, 6) is 1.27. The van der Waals surface area contributed by atoms with Crippen LogP contribution in [0.25, 0.3) is 0 Å². The molecule has 0 spiro atoms. The number of amides is 2. The summed E-state index contributed by atoms with van der Waals surface area (Å²) in [4.78, 5) is 22.6. The number of aryl methyl sites for hydroxylation is 2. The second kappa shape index (κ2) is 8.86. The summed E-state index contributed by atoms with van der Waals surface area (Å²) in [5, 5.41) is 9.27. The summed E-state index contributed by atoms with van der Waals surface area (Å²) in [5.41, 5.74) is 2.66. The van der Waals surface area contributed by atoms with E-state index >= 15 is 0 Å². The fraction of sp³-hybridized carbons (Fsp3) is 0.389. The molecule has 0 fully saturated rings. The molecular weight excluding hydrogens is 322 g/mol. The van der Waals surface area contributed by atoms with E-state index in [1.807, 2.05) is 38.1 Å². The molecule has 25 heavy (non-hydrogen) atoms. The Bertz CT molecular complexity index is 703. The Morgan fingerprint density at radius 3 is 2.40 bits per heavy atom. The van der Waals surface area contributed by atoms with Gasteiger partial charge in [0.25, 0.3) is 0 Å². The van der Waals surface area contributed by atoms with Gasteiger partial charge < -0.3 is 19.9 Å². The van der Waals surface area contributed by atoms with Crippen molar-refractivity contribution in [2.24, 2.45) is 0 Å². The molecule has 2 rings (SSSR count). The molecule has 0 saturated carbocycles. The van der Waals surface area contributed by atoms with Gasteiger partial charge in [0.2, 0.25) is 11.8 Å². The lowest BCUT2D eigenvalue weighted by atomic mass is 10.1. The molecule has 1 aromatic carbocycles. The zero-order valence-electron chi connectivity index (χ0n) is 14.7. The summed E-state index contributed by atoms with van der Waals surface area (Å²) < 4.78 is 10.8. The summed E-state index contributed by atoms with van der Waals surface area (Å²) in [6, 6.07) is 7.38. The van der Waals surface area contributed by atoms with Crippen LogP contribution in [-0.2, 0) is 22.6 Å². The number of hydrogen-bond acceptors (Lipinski definition) is 5. The number of carbonyl (C=O) groups is 2. The Morgan fingerprint density at radius 2 is 1.80 bits per heavy atom. The first-order valence-electron chi connectivity index (χ1n) is 8.10. The van der Waals surface area contributed by atoms with Gasteiger partial charge in [0.1, 0.15) is 18.1 Å². The van der Waals surface area contributed by atoms with Gasteiger partial charge in [-0.05, 0) is 31.5 Å². The fourth-order valence-corrected chi connectivity index (χ4v) is 2.26. The van der Waals surface area contributed by atoms with Crippen LogP contribution in [0.4, 0.5) is 0 Å². The first-order valence-corrected chi connectivity index (χ1v) is 8.10. The molecule has 1 aromatic heterocycles. The molecule has 7 nitrogen and oxygen atoms in total. The van der Waals surface area contributed by atoms with Crippen molar-refractivity contribution in [1.29, 1.82) is 0 Å². The van der Waals surface area contributed by atoms with Gasteiger partial charge in [-0.15, -0.1) is 0 Å². The van der Waals surface area contributed by atoms with E-state index < -0.39 is 0 Å². The third-order valence-corrected chi connectivity index (χ3v) is 3.67. The Labute approximate surface area is 146 Å². The van der Waals surface area contributed by atoms with Crippen LogP contribution in [-0.4, -0.2) is 30.1 Å². The average Bonchev–Trinajstić information content (AvgIpc) is 2.89. The second-order valence-electron chi connectivity index (χ2n) is 5.75. The van der Waals surface area contributed by atoms with Gasteiger partial charge >= 0.3 is 0 Å². The van der Waals surface area contributed by atoms with E-state index in [2.05, 4.69) is 15.8 Å². The molecule has 0 radical (unpaired) electrons. The number of nitrogens with one attached hydrogen (secondary N) is 2. The highest BCUT2D eigenvalue weighted by Gasteiger charge is 2.09. The largest absolute Gasteiger partial charge is 0.489 e. The number of ether oxygens (including phenoxy) is 1. The number of carbonyl (C=O) groups excluding carboxylic acids is 2. The maximum atomic E-state index is 11.8. The maximum Gasteiger partial charge on any atom is 0.224 e. The monoisotopic (exact) mass is 345 g/mol. The van der Waals surface area contributed by atoms with Crippen LogP contribution in [0.1, 0.15) is 29.5 Å². The minimum Gasteiger partial charge on any atom is -0.489 e. The molecule has 0 aliphatic heterocycles. The molecule has 2 N–H and O–H groups in total. The molecule has 2 amide bonds. The number of nitrogens with zero attached hydrogens (tertiary/aromatic N) is 1. The van der Waals surface area contributed by atoms with Crippen molar-refractivity contribution < 1.29 is 18.8 Å². The molecular formula is C18H23N3O4.